The Balaban J connectivity index is 1.95. The van der Waals surface area contributed by atoms with Crippen molar-refractivity contribution >= 4 is 34.0 Å². The molecule has 0 aliphatic carbocycles. The van der Waals surface area contributed by atoms with Crippen molar-refractivity contribution in [2.75, 3.05) is 19.0 Å². The number of anilines is 1. The van der Waals surface area contributed by atoms with Gasteiger partial charge in [-0.3, -0.25) is 0 Å². The molecule has 0 unspecified atom stereocenters. The zero-order valence-electron chi connectivity index (χ0n) is 12.9. The molecule has 4 heteroatoms. The summed E-state index contributed by atoms with van der Waals surface area (Å²) in [5.41, 5.74) is 1.45. The highest BCUT2D eigenvalue weighted by atomic mass is 35.5. The van der Waals surface area contributed by atoms with Gasteiger partial charge in [-0.2, -0.15) is 0 Å². The first-order valence-electron chi connectivity index (χ1n) is 7.23. The molecule has 3 rings (SSSR count). The average molecular weight is 326 g/mol. The fourth-order valence-electron chi connectivity index (χ4n) is 2.39. The summed E-state index contributed by atoms with van der Waals surface area (Å²) in [6.45, 7) is 0. The maximum atomic E-state index is 12.4. The number of nitrogens with zero attached hydrogens (tertiary/aromatic N) is 1. The molecule has 0 spiro atoms. The van der Waals surface area contributed by atoms with Crippen LogP contribution in [0.3, 0.4) is 0 Å². The number of fused-ring (bicyclic) bond motifs is 1. The third kappa shape index (κ3) is 3.15. The van der Waals surface area contributed by atoms with Crippen LogP contribution in [0.4, 0.5) is 5.69 Å². The number of carbonyl (C=O) groups is 1. The molecule has 116 valence electrons. The summed E-state index contributed by atoms with van der Waals surface area (Å²) in [4.78, 5) is 14.4. The Hall–Kier alpha value is -2.52. The van der Waals surface area contributed by atoms with Crippen LogP contribution in [0.25, 0.3) is 10.8 Å². The second-order valence-corrected chi connectivity index (χ2v) is 5.83. The number of hydrogen-bond donors (Lipinski definition) is 0. The molecule has 0 atom stereocenters. The van der Waals surface area contributed by atoms with E-state index in [9.17, 15) is 4.79 Å². The first-order chi connectivity index (χ1) is 11.1. The Bertz CT molecular complexity index is 874. The van der Waals surface area contributed by atoms with Crippen molar-refractivity contribution in [3.05, 3.63) is 71.2 Å². The van der Waals surface area contributed by atoms with E-state index in [1.807, 2.05) is 55.4 Å². The van der Waals surface area contributed by atoms with Gasteiger partial charge in [0.1, 0.15) is 5.75 Å². The minimum Gasteiger partial charge on any atom is -0.422 e. The van der Waals surface area contributed by atoms with Gasteiger partial charge in [0, 0.05) is 35.6 Å². The van der Waals surface area contributed by atoms with Crippen LogP contribution in [0.15, 0.2) is 60.7 Å². The SMILES string of the molecule is CN(C)c1cccc(C(=O)Oc2ccc(Cl)c3ccccc23)c1. The number of carbonyl (C=O) groups excluding carboxylic acids is 1. The first-order valence-corrected chi connectivity index (χ1v) is 7.61. The number of esters is 1. The van der Waals surface area contributed by atoms with E-state index in [-0.39, 0.29) is 5.97 Å². The molecule has 0 radical (unpaired) electrons. The Morgan fingerprint density at radius 2 is 1.70 bits per heavy atom. The van der Waals surface area contributed by atoms with Gasteiger partial charge in [-0.25, -0.2) is 4.79 Å². The van der Waals surface area contributed by atoms with Crippen molar-refractivity contribution in [1.82, 2.24) is 0 Å². The quantitative estimate of drug-likeness (QED) is 0.513. The van der Waals surface area contributed by atoms with Gasteiger partial charge in [0.25, 0.3) is 0 Å². The summed E-state index contributed by atoms with van der Waals surface area (Å²) >= 11 is 6.19. The summed E-state index contributed by atoms with van der Waals surface area (Å²) in [5, 5.41) is 2.31. The van der Waals surface area contributed by atoms with Crippen LogP contribution in [0.2, 0.25) is 5.02 Å². The second kappa shape index (κ2) is 6.31. The Morgan fingerprint density at radius 1 is 0.957 bits per heavy atom. The molecule has 3 nitrogen and oxygen atoms in total. The van der Waals surface area contributed by atoms with Crippen LogP contribution < -0.4 is 9.64 Å². The summed E-state index contributed by atoms with van der Waals surface area (Å²) < 4.78 is 5.59. The molecule has 0 fully saturated rings. The van der Waals surface area contributed by atoms with Gasteiger partial charge >= 0.3 is 5.97 Å². The highest BCUT2D eigenvalue weighted by Gasteiger charge is 2.13. The molecule has 0 aromatic heterocycles. The second-order valence-electron chi connectivity index (χ2n) is 5.43. The Kier molecular flexibility index (Phi) is 4.22. The van der Waals surface area contributed by atoms with Gasteiger partial charge in [-0.15, -0.1) is 0 Å². The van der Waals surface area contributed by atoms with Gasteiger partial charge in [0.05, 0.1) is 5.56 Å². The van der Waals surface area contributed by atoms with E-state index < -0.39 is 0 Å². The first kappa shape index (κ1) is 15.4. The van der Waals surface area contributed by atoms with E-state index in [2.05, 4.69) is 0 Å². The molecular formula is C19H16ClNO2. The van der Waals surface area contributed by atoms with E-state index >= 15 is 0 Å². The third-order valence-corrected chi connectivity index (χ3v) is 3.96. The molecular weight excluding hydrogens is 310 g/mol. The fraction of sp³-hybridized carbons (Fsp3) is 0.105. The number of hydrogen-bond acceptors (Lipinski definition) is 3. The van der Waals surface area contributed by atoms with E-state index in [1.165, 1.54) is 0 Å². The minimum absolute atomic E-state index is 0.388. The van der Waals surface area contributed by atoms with Crippen LogP contribution in [-0.4, -0.2) is 20.1 Å². The van der Waals surface area contributed by atoms with Crippen molar-refractivity contribution in [3.63, 3.8) is 0 Å². The van der Waals surface area contributed by atoms with Crippen molar-refractivity contribution in [1.29, 1.82) is 0 Å². The highest BCUT2D eigenvalue weighted by Crippen LogP contribution is 2.31. The molecule has 3 aromatic carbocycles. The maximum absolute atomic E-state index is 12.4. The lowest BCUT2D eigenvalue weighted by molar-refractivity contribution is 0.0737. The molecule has 23 heavy (non-hydrogen) atoms. The standard InChI is InChI=1S/C19H16ClNO2/c1-21(2)14-7-5-6-13(12-14)19(22)23-18-11-10-17(20)15-8-3-4-9-16(15)18/h3-12H,1-2H3. The number of ether oxygens (including phenoxy) is 1. The summed E-state index contributed by atoms with van der Waals surface area (Å²) in [5.74, 6) is 0.117. The number of benzene rings is 3. The van der Waals surface area contributed by atoms with Crippen molar-refractivity contribution in [2.24, 2.45) is 0 Å². The van der Waals surface area contributed by atoms with Crippen LogP contribution in [-0.2, 0) is 0 Å². The average Bonchev–Trinajstić information content (AvgIpc) is 2.57. The maximum Gasteiger partial charge on any atom is 0.343 e. The normalized spacial score (nSPS) is 10.6. The lowest BCUT2D eigenvalue weighted by atomic mass is 10.1. The van der Waals surface area contributed by atoms with E-state index in [4.69, 9.17) is 16.3 Å². The van der Waals surface area contributed by atoms with Crippen LogP contribution in [0.5, 0.6) is 5.75 Å². The monoisotopic (exact) mass is 325 g/mol. The van der Waals surface area contributed by atoms with Gasteiger partial charge < -0.3 is 9.64 Å². The smallest absolute Gasteiger partial charge is 0.343 e. The predicted octanol–water partition coefficient (Wildman–Crippen LogP) is 4.78. The third-order valence-electron chi connectivity index (χ3n) is 3.63. The Labute approximate surface area is 140 Å². The molecule has 0 saturated heterocycles. The molecule has 0 bridgehead atoms. The van der Waals surface area contributed by atoms with Crippen molar-refractivity contribution in [2.45, 2.75) is 0 Å². The molecule has 0 aliphatic rings. The molecule has 3 aromatic rings. The van der Waals surface area contributed by atoms with Gasteiger partial charge in [0.15, 0.2) is 0 Å². The molecule has 0 aliphatic heterocycles. The molecule has 0 amide bonds. The van der Waals surface area contributed by atoms with Crippen molar-refractivity contribution in [3.8, 4) is 5.75 Å². The van der Waals surface area contributed by atoms with Crippen LogP contribution in [0, 0.1) is 0 Å². The summed E-state index contributed by atoms with van der Waals surface area (Å²) in [6.07, 6.45) is 0. The zero-order chi connectivity index (χ0) is 16.4. The lowest BCUT2D eigenvalue weighted by Crippen LogP contribution is -2.12. The molecule has 0 saturated carbocycles. The minimum atomic E-state index is -0.388. The summed E-state index contributed by atoms with van der Waals surface area (Å²) in [7, 11) is 3.86. The zero-order valence-corrected chi connectivity index (χ0v) is 13.7. The van der Waals surface area contributed by atoms with E-state index in [0.29, 0.717) is 16.3 Å². The predicted molar refractivity (Wildman–Crippen MR) is 94.7 cm³/mol. The number of halogens is 1. The number of rotatable bonds is 3. The van der Waals surface area contributed by atoms with Gasteiger partial charge in [-0.05, 0) is 30.3 Å². The molecule has 0 N–H and O–H groups in total. The van der Waals surface area contributed by atoms with E-state index in [0.717, 1.165) is 16.5 Å². The highest BCUT2D eigenvalue weighted by molar-refractivity contribution is 6.35. The van der Waals surface area contributed by atoms with E-state index in [1.54, 1.807) is 24.3 Å². The Morgan fingerprint density at radius 3 is 2.43 bits per heavy atom. The van der Waals surface area contributed by atoms with Crippen LogP contribution >= 0.6 is 11.6 Å². The van der Waals surface area contributed by atoms with Crippen molar-refractivity contribution < 1.29 is 9.53 Å². The lowest BCUT2D eigenvalue weighted by Gasteiger charge is -2.13. The molecule has 0 heterocycles. The van der Waals surface area contributed by atoms with Gasteiger partial charge in [-0.1, -0.05) is 41.9 Å². The van der Waals surface area contributed by atoms with Gasteiger partial charge in [0.2, 0.25) is 0 Å². The van der Waals surface area contributed by atoms with Crippen LogP contribution in [0.1, 0.15) is 10.4 Å². The summed E-state index contributed by atoms with van der Waals surface area (Å²) in [6, 6.07) is 18.4. The topological polar surface area (TPSA) is 29.5 Å². The largest absolute Gasteiger partial charge is 0.422 e. The fourth-order valence-corrected chi connectivity index (χ4v) is 2.62.